The summed E-state index contributed by atoms with van der Waals surface area (Å²) in [6, 6.07) is 0. The Morgan fingerprint density at radius 2 is 1.27 bits per heavy atom. The molecular formula is C25H47NO4. The summed E-state index contributed by atoms with van der Waals surface area (Å²) in [5.74, 6) is -0.104. The minimum Gasteiger partial charge on any atom is -0.466 e. The summed E-state index contributed by atoms with van der Waals surface area (Å²) in [5.41, 5.74) is 0. The zero-order valence-corrected chi connectivity index (χ0v) is 19.6. The van der Waals surface area contributed by atoms with Crippen LogP contribution in [-0.2, 0) is 14.3 Å². The molecule has 5 nitrogen and oxygen atoms in total. The van der Waals surface area contributed by atoms with Gasteiger partial charge >= 0.3 is 12.1 Å². The van der Waals surface area contributed by atoms with Crippen LogP contribution in [0, 0.1) is 0 Å². The Labute approximate surface area is 185 Å². The van der Waals surface area contributed by atoms with Crippen LogP contribution in [0.25, 0.3) is 0 Å². The summed E-state index contributed by atoms with van der Waals surface area (Å²) < 4.78 is 10.1. The van der Waals surface area contributed by atoms with Gasteiger partial charge in [-0.3, -0.25) is 4.79 Å². The number of hydrogen-bond acceptors (Lipinski definition) is 4. The highest BCUT2D eigenvalue weighted by molar-refractivity contribution is 5.69. The third-order valence-corrected chi connectivity index (χ3v) is 5.17. The Morgan fingerprint density at radius 3 is 1.83 bits per heavy atom. The fourth-order valence-electron chi connectivity index (χ4n) is 3.33. The van der Waals surface area contributed by atoms with Gasteiger partial charge in [0.05, 0.1) is 6.61 Å². The van der Waals surface area contributed by atoms with Crippen molar-refractivity contribution in [3.63, 3.8) is 0 Å². The minimum absolute atomic E-state index is 0.104. The monoisotopic (exact) mass is 425 g/mol. The quantitative estimate of drug-likeness (QED) is 0.114. The molecule has 30 heavy (non-hydrogen) atoms. The maximum atomic E-state index is 11.7. The number of nitrogens with one attached hydrogen (secondary N) is 1. The summed E-state index contributed by atoms with van der Waals surface area (Å²) in [7, 11) is 0. The summed E-state index contributed by atoms with van der Waals surface area (Å²) >= 11 is 0. The van der Waals surface area contributed by atoms with Crippen LogP contribution >= 0.6 is 0 Å². The lowest BCUT2D eigenvalue weighted by Gasteiger charge is -2.06. The number of esters is 1. The van der Waals surface area contributed by atoms with E-state index in [2.05, 4.69) is 18.8 Å². The normalized spacial score (nSPS) is 10.6. The van der Waals surface area contributed by atoms with Gasteiger partial charge in [-0.1, -0.05) is 103 Å². The average molecular weight is 426 g/mol. The number of unbranched alkanes of at least 4 members (excludes halogenated alkanes) is 14. The molecule has 1 amide bonds. The topological polar surface area (TPSA) is 64.6 Å². The van der Waals surface area contributed by atoms with Crippen molar-refractivity contribution in [3.05, 3.63) is 12.7 Å². The predicted molar refractivity (Wildman–Crippen MR) is 125 cm³/mol. The van der Waals surface area contributed by atoms with Crippen LogP contribution in [0.4, 0.5) is 4.79 Å². The lowest BCUT2D eigenvalue weighted by Crippen LogP contribution is -2.25. The van der Waals surface area contributed by atoms with Crippen LogP contribution in [-0.4, -0.2) is 31.8 Å². The van der Waals surface area contributed by atoms with Crippen molar-refractivity contribution in [2.45, 2.75) is 116 Å². The molecule has 0 spiro atoms. The number of alkyl carbamates (subject to hydrolysis) is 1. The molecule has 0 heterocycles. The highest BCUT2D eigenvalue weighted by Crippen LogP contribution is 2.12. The number of rotatable bonds is 22. The van der Waals surface area contributed by atoms with Crippen LogP contribution in [0.1, 0.15) is 116 Å². The van der Waals surface area contributed by atoms with Gasteiger partial charge in [0.2, 0.25) is 0 Å². The maximum absolute atomic E-state index is 11.7. The molecule has 176 valence electrons. The number of ether oxygens (including phenoxy) is 2. The van der Waals surface area contributed by atoms with Gasteiger partial charge in [0.1, 0.15) is 6.61 Å². The average Bonchev–Trinajstić information content (AvgIpc) is 2.74. The molecule has 0 unspecified atom stereocenters. The predicted octanol–water partition coefficient (Wildman–Crippen LogP) is 7.09. The first-order valence-electron chi connectivity index (χ1n) is 12.4. The van der Waals surface area contributed by atoms with Crippen molar-refractivity contribution in [1.82, 2.24) is 5.32 Å². The van der Waals surface area contributed by atoms with Crippen molar-refractivity contribution in [2.75, 3.05) is 19.8 Å². The van der Waals surface area contributed by atoms with Gasteiger partial charge in [-0.25, -0.2) is 4.79 Å². The zero-order valence-electron chi connectivity index (χ0n) is 19.6. The van der Waals surface area contributed by atoms with Crippen LogP contribution < -0.4 is 5.32 Å². The second-order valence-electron chi connectivity index (χ2n) is 8.09. The van der Waals surface area contributed by atoms with Crippen LogP contribution in [0.15, 0.2) is 12.7 Å². The molecule has 0 radical (unpaired) electrons. The van der Waals surface area contributed by atoms with Crippen LogP contribution in [0.5, 0.6) is 0 Å². The van der Waals surface area contributed by atoms with E-state index in [0.29, 0.717) is 19.6 Å². The van der Waals surface area contributed by atoms with E-state index in [1.807, 2.05) is 0 Å². The van der Waals surface area contributed by atoms with Gasteiger partial charge < -0.3 is 14.8 Å². The molecule has 0 aliphatic heterocycles. The molecule has 0 bridgehead atoms. The first-order valence-corrected chi connectivity index (χ1v) is 12.4. The number of amides is 1. The molecule has 0 rings (SSSR count). The van der Waals surface area contributed by atoms with Gasteiger partial charge in [-0.05, 0) is 19.3 Å². The van der Waals surface area contributed by atoms with E-state index < -0.39 is 6.09 Å². The fourth-order valence-corrected chi connectivity index (χ4v) is 3.33. The summed E-state index contributed by atoms with van der Waals surface area (Å²) in [4.78, 5) is 22.9. The molecule has 0 saturated carbocycles. The Balaban J connectivity index is 3.21. The lowest BCUT2D eigenvalue weighted by molar-refractivity contribution is -0.143. The van der Waals surface area contributed by atoms with E-state index in [-0.39, 0.29) is 12.6 Å². The number of carbonyl (C=O) groups excluding carboxylic acids is 2. The number of carbonyl (C=O) groups is 2. The van der Waals surface area contributed by atoms with Crippen molar-refractivity contribution in [2.24, 2.45) is 0 Å². The Bertz CT molecular complexity index is 412. The van der Waals surface area contributed by atoms with Gasteiger partial charge in [0.25, 0.3) is 0 Å². The molecule has 0 saturated heterocycles. The van der Waals surface area contributed by atoms with Crippen molar-refractivity contribution < 1.29 is 19.1 Å². The smallest absolute Gasteiger partial charge is 0.407 e. The summed E-state index contributed by atoms with van der Waals surface area (Å²) in [6.07, 6.45) is 21.2. The molecular weight excluding hydrogens is 378 g/mol. The maximum Gasteiger partial charge on any atom is 0.407 e. The lowest BCUT2D eigenvalue weighted by atomic mass is 10.0. The minimum atomic E-state index is -0.424. The van der Waals surface area contributed by atoms with E-state index in [0.717, 1.165) is 32.1 Å². The highest BCUT2D eigenvalue weighted by Gasteiger charge is 2.03. The Hall–Kier alpha value is -1.52. The number of hydrogen-bond donors (Lipinski definition) is 1. The molecule has 0 atom stereocenters. The van der Waals surface area contributed by atoms with E-state index in [1.165, 1.54) is 76.7 Å². The van der Waals surface area contributed by atoms with Crippen molar-refractivity contribution >= 4 is 12.1 Å². The van der Waals surface area contributed by atoms with Crippen molar-refractivity contribution in [1.29, 1.82) is 0 Å². The van der Waals surface area contributed by atoms with E-state index in [4.69, 9.17) is 9.47 Å². The van der Waals surface area contributed by atoms with Gasteiger partial charge in [-0.2, -0.15) is 0 Å². The van der Waals surface area contributed by atoms with Crippen LogP contribution in [0.3, 0.4) is 0 Å². The third kappa shape index (κ3) is 22.8. The Morgan fingerprint density at radius 1 is 0.733 bits per heavy atom. The molecule has 5 heteroatoms. The van der Waals surface area contributed by atoms with E-state index in [1.54, 1.807) is 0 Å². The van der Waals surface area contributed by atoms with Gasteiger partial charge in [0, 0.05) is 13.0 Å². The van der Waals surface area contributed by atoms with E-state index in [9.17, 15) is 9.59 Å². The Kier molecular flexibility index (Phi) is 22.6. The highest BCUT2D eigenvalue weighted by atomic mass is 16.5. The third-order valence-electron chi connectivity index (χ3n) is 5.17. The SMILES string of the molecule is C=CCOC(=O)NCCCCCC(=O)OCCCCCCCCCCCCCCC. The van der Waals surface area contributed by atoms with Crippen LogP contribution in [0.2, 0.25) is 0 Å². The molecule has 0 fully saturated rings. The summed E-state index contributed by atoms with van der Waals surface area (Å²) in [5, 5.41) is 2.66. The molecule has 0 aromatic rings. The van der Waals surface area contributed by atoms with E-state index >= 15 is 0 Å². The van der Waals surface area contributed by atoms with Crippen molar-refractivity contribution in [3.8, 4) is 0 Å². The first kappa shape index (κ1) is 28.5. The second-order valence-corrected chi connectivity index (χ2v) is 8.09. The molecule has 0 aliphatic carbocycles. The zero-order chi connectivity index (χ0) is 22.1. The molecule has 0 aromatic heterocycles. The van der Waals surface area contributed by atoms with Gasteiger partial charge in [-0.15, -0.1) is 0 Å². The second kappa shape index (κ2) is 23.8. The van der Waals surface area contributed by atoms with Gasteiger partial charge in [0.15, 0.2) is 0 Å². The molecule has 0 aromatic carbocycles. The summed E-state index contributed by atoms with van der Waals surface area (Å²) in [6.45, 7) is 7.07. The largest absolute Gasteiger partial charge is 0.466 e. The molecule has 1 N–H and O–H groups in total. The fraction of sp³-hybridized carbons (Fsp3) is 0.840. The molecule has 0 aliphatic rings. The first-order chi connectivity index (χ1) is 14.7. The standard InChI is InChI=1S/C25H47NO4/c1-3-5-6-7-8-9-10-11-12-13-14-15-19-23-29-24(27)20-17-16-18-21-26-25(28)30-22-4-2/h4H,2-3,5-23H2,1H3,(H,26,28).